The fraction of sp³-hybridized carbons (Fsp3) is 0.435. The Bertz CT molecular complexity index is 1040. The molecule has 31 heavy (non-hydrogen) atoms. The minimum atomic E-state index is -0.792. The Morgan fingerprint density at radius 1 is 1.32 bits per heavy atom. The summed E-state index contributed by atoms with van der Waals surface area (Å²) in [5.41, 5.74) is 1.81. The summed E-state index contributed by atoms with van der Waals surface area (Å²) in [5, 5.41) is 17.4. The number of carbonyl (C=O) groups is 2. The molecular weight excluding hydrogens is 415 g/mol. The number of hydrogen-bond acceptors (Lipinski definition) is 5. The summed E-state index contributed by atoms with van der Waals surface area (Å²) in [6, 6.07) is 8.02. The maximum atomic E-state index is 14.8. The maximum Gasteiger partial charge on any atom is 0.263 e. The zero-order valence-electron chi connectivity index (χ0n) is 17.5. The van der Waals surface area contributed by atoms with Crippen LogP contribution in [-0.2, 0) is 11.2 Å². The molecular formula is C23H25FN4O2S. The van der Waals surface area contributed by atoms with Gasteiger partial charge in [0.2, 0.25) is 5.91 Å². The monoisotopic (exact) mass is 440 g/mol. The lowest BCUT2D eigenvalue weighted by Crippen LogP contribution is -2.50. The molecule has 2 amide bonds. The van der Waals surface area contributed by atoms with Crippen molar-refractivity contribution in [1.82, 2.24) is 15.5 Å². The number of rotatable bonds is 6. The quantitative estimate of drug-likeness (QED) is 0.723. The summed E-state index contributed by atoms with van der Waals surface area (Å²) in [6.45, 7) is 0. The second-order valence-electron chi connectivity index (χ2n) is 8.51. The molecule has 6 nitrogen and oxygen atoms in total. The molecule has 2 aromatic rings. The molecule has 3 unspecified atom stereocenters. The second kappa shape index (κ2) is 8.77. The molecule has 0 radical (unpaired) electrons. The van der Waals surface area contributed by atoms with Crippen LogP contribution in [0.5, 0.6) is 0 Å². The summed E-state index contributed by atoms with van der Waals surface area (Å²) in [4.78, 5) is 26.7. The van der Waals surface area contributed by atoms with Gasteiger partial charge in [-0.2, -0.15) is 5.26 Å². The van der Waals surface area contributed by atoms with Crippen LogP contribution in [0, 0.1) is 23.1 Å². The van der Waals surface area contributed by atoms with Crippen molar-refractivity contribution < 1.29 is 14.0 Å². The summed E-state index contributed by atoms with van der Waals surface area (Å²) < 4.78 is 14.8. The summed E-state index contributed by atoms with van der Waals surface area (Å²) >= 11 is 1.32. The van der Waals surface area contributed by atoms with E-state index < -0.39 is 11.9 Å². The number of benzene rings is 1. The SMILES string of the molecule is CN(C)C(=O)c1cc(-c2ccc(C[C@@H](C#N)NC(=O)C3NC4CCC3C4)c(F)c2)cs1. The van der Waals surface area contributed by atoms with Crippen molar-refractivity contribution in [3.05, 3.63) is 45.9 Å². The zero-order chi connectivity index (χ0) is 22.1. The van der Waals surface area contributed by atoms with E-state index in [-0.39, 0.29) is 24.3 Å². The fourth-order valence-electron chi connectivity index (χ4n) is 4.47. The van der Waals surface area contributed by atoms with Gasteiger partial charge in [-0.15, -0.1) is 11.3 Å². The van der Waals surface area contributed by atoms with E-state index in [2.05, 4.69) is 16.7 Å². The number of fused-ring (bicyclic) bond motifs is 2. The van der Waals surface area contributed by atoms with Gasteiger partial charge in [0, 0.05) is 26.6 Å². The lowest BCUT2D eigenvalue weighted by atomic mass is 9.98. The van der Waals surface area contributed by atoms with Crippen LogP contribution in [0.2, 0.25) is 0 Å². The molecule has 2 aliphatic rings. The van der Waals surface area contributed by atoms with Crippen LogP contribution in [0.3, 0.4) is 0 Å². The number of thiophene rings is 1. The maximum absolute atomic E-state index is 14.8. The molecule has 0 spiro atoms. The number of carbonyl (C=O) groups excluding carboxylic acids is 2. The van der Waals surface area contributed by atoms with Crippen LogP contribution in [0.1, 0.15) is 34.5 Å². The van der Waals surface area contributed by atoms with Gasteiger partial charge in [0.15, 0.2) is 0 Å². The highest BCUT2D eigenvalue weighted by atomic mass is 32.1. The molecule has 4 rings (SSSR count). The van der Waals surface area contributed by atoms with Crippen molar-refractivity contribution in [1.29, 1.82) is 5.26 Å². The normalized spacial score (nSPS) is 22.7. The van der Waals surface area contributed by atoms with Crippen LogP contribution in [0.25, 0.3) is 11.1 Å². The third-order valence-corrected chi connectivity index (χ3v) is 7.06. The molecule has 1 saturated carbocycles. The molecule has 1 aliphatic heterocycles. The van der Waals surface area contributed by atoms with Crippen LogP contribution in [0.4, 0.5) is 4.39 Å². The number of nitrogens with one attached hydrogen (secondary N) is 2. The van der Waals surface area contributed by atoms with E-state index in [1.807, 2.05) is 5.38 Å². The van der Waals surface area contributed by atoms with Crippen molar-refractivity contribution in [2.24, 2.45) is 5.92 Å². The summed E-state index contributed by atoms with van der Waals surface area (Å²) in [7, 11) is 3.38. The van der Waals surface area contributed by atoms with E-state index in [0.29, 0.717) is 28.0 Å². The first-order valence-electron chi connectivity index (χ1n) is 10.4. The minimum absolute atomic E-state index is 0.0917. The van der Waals surface area contributed by atoms with Crippen LogP contribution in [-0.4, -0.2) is 48.9 Å². The van der Waals surface area contributed by atoms with Gasteiger partial charge in [-0.25, -0.2) is 4.39 Å². The molecule has 2 bridgehead atoms. The predicted octanol–water partition coefficient (Wildman–Crippen LogP) is 2.95. The van der Waals surface area contributed by atoms with E-state index >= 15 is 0 Å². The van der Waals surface area contributed by atoms with Crippen molar-refractivity contribution >= 4 is 23.2 Å². The van der Waals surface area contributed by atoms with Gasteiger partial charge in [-0.3, -0.25) is 9.59 Å². The Hall–Kier alpha value is -2.76. The highest BCUT2D eigenvalue weighted by molar-refractivity contribution is 7.12. The Morgan fingerprint density at radius 2 is 2.13 bits per heavy atom. The van der Waals surface area contributed by atoms with Crippen molar-refractivity contribution in [2.45, 2.75) is 43.8 Å². The topological polar surface area (TPSA) is 85.2 Å². The highest BCUT2D eigenvalue weighted by Crippen LogP contribution is 2.35. The van der Waals surface area contributed by atoms with Crippen LogP contribution in [0.15, 0.2) is 29.6 Å². The third-order valence-electron chi connectivity index (χ3n) is 6.14. The molecule has 2 fully saturated rings. The molecule has 2 N–H and O–H groups in total. The van der Waals surface area contributed by atoms with Gasteiger partial charge in [0.05, 0.1) is 17.0 Å². The number of nitriles is 1. The fourth-order valence-corrected chi connectivity index (χ4v) is 5.41. The molecule has 2 heterocycles. The summed E-state index contributed by atoms with van der Waals surface area (Å²) in [5.74, 6) is -0.370. The Morgan fingerprint density at radius 3 is 2.74 bits per heavy atom. The van der Waals surface area contributed by atoms with Gasteiger partial charge in [0.1, 0.15) is 11.9 Å². The first-order valence-corrected chi connectivity index (χ1v) is 11.3. The largest absolute Gasteiger partial charge is 0.344 e. The van der Waals surface area contributed by atoms with Crippen molar-refractivity contribution in [2.75, 3.05) is 14.1 Å². The average Bonchev–Trinajstić information content (AvgIpc) is 3.50. The van der Waals surface area contributed by atoms with E-state index in [4.69, 9.17) is 0 Å². The lowest BCUT2D eigenvalue weighted by molar-refractivity contribution is -0.124. The molecule has 162 valence electrons. The predicted molar refractivity (Wildman–Crippen MR) is 117 cm³/mol. The second-order valence-corrected chi connectivity index (χ2v) is 9.43. The van der Waals surface area contributed by atoms with Gasteiger partial charge >= 0.3 is 0 Å². The molecule has 1 saturated heterocycles. The number of piperidine rings is 1. The molecule has 8 heteroatoms. The standard InChI is InChI=1S/C23H25FN4O2S/c1-28(2)23(30)20-10-16(12-31-20)13-3-4-14(19(24)9-13)7-18(11-25)27-22(29)21-15-5-6-17(8-15)26-21/h3-4,9-10,12,15,17-18,21,26H,5-8H2,1-2H3,(H,27,29)/t15?,17?,18-,21?/m0/s1. The van der Waals surface area contributed by atoms with E-state index in [9.17, 15) is 19.2 Å². The van der Waals surface area contributed by atoms with Crippen molar-refractivity contribution in [3.8, 4) is 17.2 Å². The van der Waals surface area contributed by atoms with Gasteiger partial charge in [0.25, 0.3) is 5.91 Å². The highest BCUT2D eigenvalue weighted by Gasteiger charge is 2.43. The Labute approximate surface area is 185 Å². The average molecular weight is 441 g/mol. The minimum Gasteiger partial charge on any atom is -0.344 e. The Balaban J connectivity index is 1.42. The Kier molecular flexibility index (Phi) is 6.08. The van der Waals surface area contributed by atoms with E-state index in [0.717, 1.165) is 24.8 Å². The molecule has 4 atom stereocenters. The van der Waals surface area contributed by atoms with Gasteiger partial charge < -0.3 is 15.5 Å². The number of halogens is 1. The van der Waals surface area contributed by atoms with Crippen LogP contribution >= 0.6 is 11.3 Å². The first kappa shape index (κ1) is 21.5. The van der Waals surface area contributed by atoms with Crippen LogP contribution < -0.4 is 10.6 Å². The number of amides is 2. The smallest absolute Gasteiger partial charge is 0.263 e. The molecule has 1 aliphatic carbocycles. The number of hydrogen-bond donors (Lipinski definition) is 2. The zero-order valence-corrected chi connectivity index (χ0v) is 18.3. The van der Waals surface area contributed by atoms with Crippen molar-refractivity contribution in [3.63, 3.8) is 0 Å². The first-order chi connectivity index (χ1) is 14.9. The molecule has 1 aromatic carbocycles. The van der Waals surface area contributed by atoms with Gasteiger partial charge in [-0.05, 0) is 59.4 Å². The van der Waals surface area contributed by atoms with E-state index in [1.54, 1.807) is 32.3 Å². The third kappa shape index (κ3) is 4.48. The van der Waals surface area contributed by atoms with Gasteiger partial charge in [-0.1, -0.05) is 12.1 Å². The lowest BCUT2D eigenvalue weighted by Gasteiger charge is -2.23. The number of nitrogens with zero attached hydrogens (tertiary/aromatic N) is 2. The van der Waals surface area contributed by atoms with E-state index in [1.165, 1.54) is 22.3 Å². The molecule has 1 aromatic heterocycles. The summed E-state index contributed by atoms with van der Waals surface area (Å²) in [6.07, 6.45) is 3.25.